The molecule has 1 saturated heterocycles. The molecule has 0 atom stereocenters. The molecule has 3 nitrogen and oxygen atoms in total. The zero-order valence-corrected chi connectivity index (χ0v) is 14.2. The summed E-state index contributed by atoms with van der Waals surface area (Å²) in [6.45, 7) is 1.98. The lowest BCUT2D eigenvalue weighted by Gasteiger charge is -2.25. The van der Waals surface area contributed by atoms with Gasteiger partial charge in [-0.1, -0.05) is 36.6 Å². The summed E-state index contributed by atoms with van der Waals surface area (Å²) >= 11 is 5.99. The summed E-state index contributed by atoms with van der Waals surface area (Å²) in [6, 6.07) is 11.6. The van der Waals surface area contributed by atoms with Gasteiger partial charge in [0, 0.05) is 13.1 Å². The molecule has 1 amide bonds. The quantitative estimate of drug-likeness (QED) is 0.837. The van der Waals surface area contributed by atoms with E-state index in [9.17, 15) is 9.18 Å². The van der Waals surface area contributed by atoms with Gasteiger partial charge in [0.05, 0.1) is 22.0 Å². The number of hydrogen-bond donors (Lipinski definition) is 1. The van der Waals surface area contributed by atoms with Crippen molar-refractivity contribution in [3.63, 3.8) is 0 Å². The van der Waals surface area contributed by atoms with Gasteiger partial charge in [-0.2, -0.15) is 0 Å². The summed E-state index contributed by atoms with van der Waals surface area (Å²) in [5, 5.41) is 3.03. The van der Waals surface area contributed by atoms with Crippen LogP contribution in [0, 0.1) is 5.82 Å². The van der Waals surface area contributed by atoms with Crippen molar-refractivity contribution in [1.29, 1.82) is 0 Å². The van der Waals surface area contributed by atoms with Crippen LogP contribution < -0.4 is 10.2 Å². The highest BCUT2D eigenvalue weighted by molar-refractivity contribution is 6.34. The monoisotopic (exact) mass is 346 g/mol. The van der Waals surface area contributed by atoms with Gasteiger partial charge in [-0.3, -0.25) is 4.79 Å². The average molecular weight is 347 g/mol. The Kier molecular flexibility index (Phi) is 5.36. The molecule has 0 saturated carbocycles. The van der Waals surface area contributed by atoms with E-state index in [0.29, 0.717) is 0 Å². The molecule has 0 bridgehead atoms. The van der Waals surface area contributed by atoms with E-state index in [0.717, 1.165) is 43.4 Å². The van der Waals surface area contributed by atoms with E-state index in [4.69, 9.17) is 11.6 Å². The normalized spacial score (nSPS) is 15.0. The zero-order valence-electron chi connectivity index (χ0n) is 13.4. The number of halogens is 2. The van der Waals surface area contributed by atoms with E-state index in [2.05, 4.69) is 10.2 Å². The lowest BCUT2D eigenvalue weighted by molar-refractivity contribution is 0.102. The molecule has 0 aromatic heterocycles. The third-order valence-electron chi connectivity index (χ3n) is 4.27. The van der Waals surface area contributed by atoms with Crippen LogP contribution in [0.4, 0.5) is 15.8 Å². The summed E-state index contributed by atoms with van der Waals surface area (Å²) in [5.74, 6) is -0.788. The number of hydrogen-bond acceptors (Lipinski definition) is 2. The van der Waals surface area contributed by atoms with Crippen LogP contribution in [0.1, 0.15) is 36.0 Å². The second-order valence-electron chi connectivity index (χ2n) is 6.00. The second kappa shape index (κ2) is 7.67. The van der Waals surface area contributed by atoms with E-state index < -0.39 is 5.82 Å². The van der Waals surface area contributed by atoms with Crippen LogP contribution in [-0.2, 0) is 0 Å². The fourth-order valence-corrected chi connectivity index (χ4v) is 3.28. The largest absolute Gasteiger partial charge is 0.370 e. The first-order chi connectivity index (χ1) is 11.6. The second-order valence-corrected chi connectivity index (χ2v) is 6.40. The van der Waals surface area contributed by atoms with Gasteiger partial charge in [-0.25, -0.2) is 4.39 Å². The number of anilines is 2. The van der Waals surface area contributed by atoms with Crippen LogP contribution in [-0.4, -0.2) is 19.0 Å². The molecule has 126 valence electrons. The molecule has 1 aliphatic rings. The van der Waals surface area contributed by atoms with E-state index in [1.165, 1.54) is 25.0 Å². The van der Waals surface area contributed by atoms with Gasteiger partial charge in [0.15, 0.2) is 0 Å². The highest BCUT2D eigenvalue weighted by Gasteiger charge is 2.17. The van der Waals surface area contributed by atoms with Gasteiger partial charge in [-0.05, 0) is 43.2 Å². The van der Waals surface area contributed by atoms with Gasteiger partial charge in [0.1, 0.15) is 5.82 Å². The topological polar surface area (TPSA) is 32.3 Å². The molecule has 1 aliphatic heterocycles. The molecule has 1 fully saturated rings. The van der Waals surface area contributed by atoms with Crippen LogP contribution in [0.3, 0.4) is 0 Å². The smallest absolute Gasteiger partial charge is 0.257 e. The number of rotatable bonds is 3. The van der Waals surface area contributed by atoms with Gasteiger partial charge < -0.3 is 10.2 Å². The Morgan fingerprint density at radius 3 is 2.46 bits per heavy atom. The van der Waals surface area contributed by atoms with Gasteiger partial charge >= 0.3 is 0 Å². The minimum atomic E-state index is -0.457. The number of para-hydroxylation sites is 2. The van der Waals surface area contributed by atoms with Gasteiger partial charge in [0.2, 0.25) is 0 Å². The Balaban J connectivity index is 1.83. The molecule has 0 radical (unpaired) electrons. The third-order valence-corrected chi connectivity index (χ3v) is 4.59. The molecule has 1 N–H and O–H groups in total. The molecule has 0 spiro atoms. The standard InChI is InChI=1S/C19H20ClFN2O/c20-16-13-14(21)9-10-15(16)19(24)22-17-7-3-4-8-18(17)23-11-5-1-2-6-12-23/h3-4,7-10,13H,1-2,5-6,11-12H2,(H,22,24). The third kappa shape index (κ3) is 3.88. The lowest BCUT2D eigenvalue weighted by atomic mass is 10.2. The molecular formula is C19H20ClFN2O. The molecule has 3 rings (SSSR count). The number of carbonyl (C=O) groups excluding carboxylic acids is 1. The first-order valence-electron chi connectivity index (χ1n) is 8.25. The predicted molar refractivity (Wildman–Crippen MR) is 96.5 cm³/mol. The molecular weight excluding hydrogens is 327 g/mol. The first kappa shape index (κ1) is 16.8. The van der Waals surface area contributed by atoms with Crippen LogP contribution in [0.5, 0.6) is 0 Å². The van der Waals surface area contributed by atoms with Crippen molar-refractivity contribution in [2.75, 3.05) is 23.3 Å². The summed E-state index contributed by atoms with van der Waals surface area (Å²) in [7, 11) is 0. The fourth-order valence-electron chi connectivity index (χ4n) is 3.03. The van der Waals surface area contributed by atoms with Crippen molar-refractivity contribution < 1.29 is 9.18 Å². The molecule has 0 unspecified atom stereocenters. The first-order valence-corrected chi connectivity index (χ1v) is 8.63. The number of amides is 1. The van der Waals surface area contributed by atoms with E-state index in [1.54, 1.807) is 0 Å². The average Bonchev–Trinajstić information content (AvgIpc) is 2.84. The highest BCUT2D eigenvalue weighted by atomic mass is 35.5. The van der Waals surface area contributed by atoms with E-state index >= 15 is 0 Å². The number of carbonyl (C=O) groups is 1. The van der Waals surface area contributed by atoms with Crippen LogP contribution in [0.15, 0.2) is 42.5 Å². The number of nitrogens with zero attached hydrogens (tertiary/aromatic N) is 1. The Morgan fingerprint density at radius 1 is 1.04 bits per heavy atom. The van der Waals surface area contributed by atoms with Crippen molar-refractivity contribution in [3.05, 3.63) is 58.9 Å². The molecule has 2 aromatic rings. The van der Waals surface area contributed by atoms with Crippen molar-refractivity contribution in [2.45, 2.75) is 25.7 Å². The SMILES string of the molecule is O=C(Nc1ccccc1N1CCCCCC1)c1ccc(F)cc1Cl. The van der Waals surface area contributed by atoms with Crippen LogP contribution in [0.25, 0.3) is 0 Å². The molecule has 2 aromatic carbocycles. The predicted octanol–water partition coefficient (Wildman–Crippen LogP) is 5.11. The van der Waals surface area contributed by atoms with Crippen molar-refractivity contribution >= 4 is 28.9 Å². The van der Waals surface area contributed by atoms with Crippen molar-refractivity contribution in [1.82, 2.24) is 0 Å². The molecule has 1 heterocycles. The molecule has 24 heavy (non-hydrogen) atoms. The summed E-state index contributed by atoms with van der Waals surface area (Å²) in [6.07, 6.45) is 4.81. The van der Waals surface area contributed by atoms with E-state index in [-0.39, 0.29) is 16.5 Å². The maximum absolute atomic E-state index is 13.2. The number of nitrogens with one attached hydrogen (secondary N) is 1. The van der Waals surface area contributed by atoms with Gasteiger partial charge in [-0.15, -0.1) is 0 Å². The van der Waals surface area contributed by atoms with Crippen LogP contribution >= 0.6 is 11.6 Å². The Hall–Kier alpha value is -2.07. The Morgan fingerprint density at radius 2 is 1.75 bits per heavy atom. The van der Waals surface area contributed by atoms with Crippen LogP contribution in [0.2, 0.25) is 5.02 Å². The summed E-state index contributed by atoms with van der Waals surface area (Å²) in [4.78, 5) is 14.8. The van der Waals surface area contributed by atoms with E-state index in [1.807, 2.05) is 24.3 Å². The fraction of sp³-hybridized carbons (Fsp3) is 0.316. The maximum Gasteiger partial charge on any atom is 0.257 e. The summed E-state index contributed by atoms with van der Waals surface area (Å²) in [5.41, 5.74) is 2.04. The van der Waals surface area contributed by atoms with Gasteiger partial charge in [0.25, 0.3) is 5.91 Å². The summed E-state index contributed by atoms with van der Waals surface area (Å²) < 4.78 is 13.2. The number of benzene rings is 2. The minimum Gasteiger partial charge on any atom is -0.370 e. The molecule has 0 aliphatic carbocycles. The Bertz CT molecular complexity index is 727. The minimum absolute atomic E-state index is 0.111. The maximum atomic E-state index is 13.2. The zero-order chi connectivity index (χ0) is 16.9. The Labute approximate surface area is 146 Å². The molecule has 5 heteroatoms. The lowest BCUT2D eigenvalue weighted by Crippen LogP contribution is -2.25. The highest BCUT2D eigenvalue weighted by Crippen LogP contribution is 2.29. The van der Waals surface area contributed by atoms with Crippen molar-refractivity contribution in [3.8, 4) is 0 Å². The van der Waals surface area contributed by atoms with Crippen molar-refractivity contribution in [2.24, 2.45) is 0 Å².